The highest BCUT2D eigenvalue weighted by Gasteiger charge is 2.24. The number of ether oxygens (including phenoxy) is 2. The van der Waals surface area contributed by atoms with Crippen LogP contribution < -0.4 is 0 Å². The molecule has 0 unspecified atom stereocenters. The standard InChI is InChI=1S/C18H14O8/c1-25-17(23)12-5-3-4-10(14(12)18(24)26-2)9-6-7-11(15(19)20)13(8-9)16(21)22/h3-8H,1-2H3,(H,19,20)(H,21,22). The molecule has 0 aliphatic carbocycles. The van der Waals surface area contributed by atoms with Crippen molar-refractivity contribution in [3.63, 3.8) is 0 Å². The van der Waals surface area contributed by atoms with Crippen LogP contribution in [0.5, 0.6) is 0 Å². The number of hydrogen-bond acceptors (Lipinski definition) is 6. The summed E-state index contributed by atoms with van der Waals surface area (Å²) >= 11 is 0. The number of carboxylic acids is 2. The van der Waals surface area contributed by atoms with E-state index >= 15 is 0 Å². The average molecular weight is 358 g/mol. The SMILES string of the molecule is COC(=O)c1cccc(-c2ccc(C(=O)O)c(C(=O)O)c2)c1C(=O)OC. The van der Waals surface area contributed by atoms with Crippen molar-refractivity contribution in [1.82, 2.24) is 0 Å². The molecular formula is C18H14O8. The molecule has 0 saturated carbocycles. The molecule has 0 aromatic heterocycles. The fourth-order valence-electron chi connectivity index (χ4n) is 2.47. The van der Waals surface area contributed by atoms with Crippen LogP contribution >= 0.6 is 0 Å². The number of aromatic carboxylic acids is 2. The Morgan fingerprint density at radius 1 is 0.769 bits per heavy atom. The first kappa shape index (κ1) is 18.7. The molecule has 0 fully saturated rings. The second kappa shape index (κ2) is 7.47. The molecule has 0 aliphatic rings. The highest BCUT2D eigenvalue weighted by atomic mass is 16.5. The van der Waals surface area contributed by atoms with Crippen molar-refractivity contribution in [2.45, 2.75) is 0 Å². The number of carbonyl (C=O) groups is 4. The van der Waals surface area contributed by atoms with Crippen molar-refractivity contribution in [1.29, 1.82) is 0 Å². The van der Waals surface area contributed by atoms with Crippen LogP contribution in [0, 0.1) is 0 Å². The van der Waals surface area contributed by atoms with E-state index in [1.54, 1.807) is 0 Å². The van der Waals surface area contributed by atoms with Gasteiger partial charge < -0.3 is 19.7 Å². The lowest BCUT2D eigenvalue weighted by Crippen LogP contribution is -2.14. The van der Waals surface area contributed by atoms with Crippen LogP contribution in [0.25, 0.3) is 11.1 Å². The van der Waals surface area contributed by atoms with Crippen molar-refractivity contribution in [2.24, 2.45) is 0 Å². The molecule has 2 rings (SSSR count). The summed E-state index contributed by atoms with van der Waals surface area (Å²) in [5.74, 6) is -4.42. The maximum Gasteiger partial charge on any atom is 0.339 e. The number of carboxylic acid groups (broad SMARTS) is 2. The Morgan fingerprint density at radius 2 is 1.38 bits per heavy atom. The van der Waals surface area contributed by atoms with Crippen molar-refractivity contribution in [3.05, 3.63) is 58.7 Å². The summed E-state index contributed by atoms with van der Waals surface area (Å²) in [5.41, 5.74) is -0.575. The van der Waals surface area contributed by atoms with Crippen LogP contribution in [0.3, 0.4) is 0 Å². The monoisotopic (exact) mass is 358 g/mol. The van der Waals surface area contributed by atoms with Crippen LogP contribution in [0.4, 0.5) is 0 Å². The minimum absolute atomic E-state index is 0.0592. The number of rotatable bonds is 5. The summed E-state index contributed by atoms with van der Waals surface area (Å²) in [6.45, 7) is 0. The predicted octanol–water partition coefficient (Wildman–Crippen LogP) is 2.32. The smallest absolute Gasteiger partial charge is 0.339 e. The minimum Gasteiger partial charge on any atom is -0.478 e. The van der Waals surface area contributed by atoms with Gasteiger partial charge in [0, 0.05) is 0 Å². The van der Waals surface area contributed by atoms with Crippen molar-refractivity contribution in [3.8, 4) is 11.1 Å². The van der Waals surface area contributed by atoms with Gasteiger partial charge in [0.15, 0.2) is 0 Å². The fourth-order valence-corrected chi connectivity index (χ4v) is 2.47. The molecule has 0 saturated heterocycles. The van der Waals surface area contributed by atoms with Gasteiger partial charge in [0.25, 0.3) is 0 Å². The summed E-state index contributed by atoms with van der Waals surface area (Å²) in [7, 11) is 2.29. The molecule has 0 radical (unpaired) electrons. The summed E-state index contributed by atoms with van der Waals surface area (Å²) in [4.78, 5) is 46.7. The Hall–Kier alpha value is -3.68. The van der Waals surface area contributed by atoms with Crippen LogP contribution in [-0.4, -0.2) is 48.3 Å². The van der Waals surface area contributed by atoms with Gasteiger partial charge in [0.2, 0.25) is 0 Å². The lowest BCUT2D eigenvalue weighted by atomic mass is 9.93. The highest BCUT2D eigenvalue weighted by molar-refractivity contribution is 6.09. The Bertz CT molecular complexity index is 913. The van der Waals surface area contributed by atoms with Crippen LogP contribution in [-0.2, 0) is 9.47 Å². The second-order valence-corrected chi connectivity index (χ2v) is 5.08. The predicted molar refractivity (Wildman–Crippen MR) is 88.5 cm³/mol. The fraction of sp³-hybridized carbons (Fsp3) is 0.111. The van der Waals surface area contributed by atoms with E-state index < -0.39 is 35.0 Å². The number of carbonyl (C=O) groups excluding carboxylic acids is 2. The molecule has 26 heavy (non-hydrogen) atoms. The van der Waals surface area contributed by atoms with Crippen LogP contribution in [0.2, 0.25) is 0 Å². The number of benzene rings is 2. The van der Waals surface area contributed by atoms with Gasteiger partial charge in [-0.05, 0) is 29.3 Å². The van der Waals surface area contributed by atoms with Gasteiger partial charge in [0.1, 0.15) is 0 Å². The molecule has 134 valence electrons. The van der Waals surface area contributed by atoms with E-state index in [2.05, 4.69) is 4.74 Å². The third kappa shape index (κ3) is 3.39. The minimum atomic E-state index is -1.44. The summed E-state index contributed by atoms with van der Waals surface area (Å²) in [5, 5.41) is 18.4. The van der Waals surface area contributed by atoms with E-state index in [0.29, 0.717) is 0 Å². The molecule has 0 atom stereocenters. The molecule has 0 spiro atoms. The van der Waals surface area contributed by atoms with Gasteiger partial charge in [-0.1, -0.05) is 18.2 Å². The molecule has 0 heterocycles. The molecule has 8 heteroatoms. The largest absolute Gasteiger partial charge is 0.478 e. The molecule has 2 aromatic carbocycles. The zero-order valence-electron chi connectivity index (χ0n) is 13.8. The quantitative estimate of drug-likeness (QED) is 0.780. The topological polar surface area (TPSA) is 127 Å². The van der Waals surface area contributed by atoms with Crippen LogP contribution in [0.1, 0.15) is 41.4 Å². The summed E-state index contributed by atoms with van der Waals surface area (Å²) in [6.07, 6.45) is 0. The highest BCUT2D eigenvalue weighted by Crippen LogP contribution is 2.29. The summed E-state index contributed by atoms with van der Waals surface area (Å²) < 4.78 is 9.37. The van der Waals surface area contributed by atoms with Crippen molar-refractivity contribution < 1.29 is 38.9 Å². The van der Waals surface area contributed by atoms with E-state index in [4.69, 9.17) is 9.84 Å². The van der Waals surface area contributed by atoms with E-state index in [1.165, 1.54) is 24.3 Å². The number of esters is 2. The summed E-state index contributed by atoms with van der Waals surface area (Å²) in [6, 6.07) is 7.92. The number of methoxy groups -OCH3 is 2. The second-order valence-electron chi connectivity index (χ2n) is 5.08. The van der Waals surface area contributed by atoms with E-state index in [-0.39, 0.29) is 22.3 Å². The lowest BCUT2D eigenvalue weighted by molar-refractivity contribution is 0.0556. The van der Waals surface area contributed by atoms with Crippen LogP contribution in [0.15, 0.2) is 36.4 Å². The van der Waals surface area contributed by atoms with Gasteiger partial charge in [-0.3, -0.25) is 0 Å². The Labute approximate surface area is 147 Å². The molecular weight excluding hydrogens is 344 g/mol. The van der Waals surface area contributed by atoms with Gasteiger partial charge in [-0.15, -0.1) is 0 Å². The van der Waals surface area contributed by atoms with E-state index in [9.17, 15) is 24.3 Å². The van der Waals surface area contributed by atoms with Gasteiger partial charge >= 0.3 is 23.9 Å². The maximum atomic E-state index is 12.2. The molecule has 2 N–H and O–H groups in total. The molecule has 0 aliphatic heterocycles. The third-order valence-electron chi connectivity index (χ3n) is 3.65. The van der Waals surface area contributed by atoms with Gasteiger partial charge in [0.05, 0.1) is 36.5 Å². The van der Waals surface area contributed by atoms with Gasteiger partial charge in [-0.2, -0.15) is 0 Å². The maximum absolute atomic E-state index is 12.2. The third-order valence-corrected chi connectivity index (χ3v) is 3.65. The first-order chi connectivity index (χ1) is 12.3. The lowest BCUT2D eigenvalue weighted by Gasteiger charge is -2.13. The zero-order chi connectivity index (χ0) is 19.4. The molecule has 8 nitrogen and oxygen atoms in total. The Morgan fingerprint density at radius 3 is 1.92 bits per heavy atom. The Balaban J connectivity index is 2.78. The van der Waals surface area contributed by atoms with Crippen molar-refractivity contribution >= 4 is 23.9 Å². The van der Waals surface area contributed by atoms with E-state index in [0.717, 1.165) is 26.4 Å². The van der Waals surface area contributed by atoms with Crippen molar-refractivity contribution in [2.75, 3.05) is 14.2 Å². The molecule has 0 amide bonds. The normalized spacial score (nSPS) is 10.1. The molecule has 0 bridgehead atoms. The Kier molecular flexibility index (Phi) is 5.36. The number of hydrogen-bond donors (Lipinski definition) is 2. The van der Waals surface area contributed by atoms with Gasteiger partial charge in [-0.25, -0.2) is 19.2 Å². The molecule has 2 aromatic rings. The first-order valence-electron chi connectivity index (χ1n) is 7.22. The van der Waals surface area contributed by atoms with E-state index in [1.807, 2.05) is 0 Å². The average Bonchev–Trinajstić information content (AvgIpc) is 2.65. The first-order valence-corrected chi connectivity index (χ1v) is 7.22. The zero-order valence-corrected chi connectivity index (χ0v) is 13.8.